The average Bonchev–Trinajstić information content (AvgIpc) is 3.04. The van der Waals surface area contributed by atoms with Crippen LogP contribution in [-0.2, 0) is 20.7 Å². The standard InChI is InChI=1S/C22H28N2O3/c1-15-17-7-5-6-8-19(17)23-16(2)18(15)11-20(25)24-12-21(3,4)27-22(13-24)9-10-26-14-22/h5-8H,9-14H2,1-4H3. The van der Waals surface area contributed by atoms with Gasteiger partial charge in [-0.05, 0) is 44.9 Å². The minimum atomic E-state index is -0.368. The third-order valence-corrected chi connectivity index (χ3v) is 5.78. The summed E-state index contributed by atoms with van der Waals surface area (Å²) in [7, 11) is 0. The number of aryl methyl sites for hydroxylation is 2. The first-order valence-corrected chi connectivity index (χ1v) is 9.69. The number of para-hydroxylation sites is 1. The van der Waals surface area contributed by atoms with E-state index in [1.165, 1.54) is 0 Å². The molecule has 2 aromatic rings. The molecule has 0 N–H and O–H groups in total. The minimum Gasteiger partial charge on any atom is -0.378 e. The fourth-order valence-corrected chi connectivity index (χ4v) is 4.58. The predicted molar refractivity (Wildman–Crippen MR) is 105 cm³/mol. The molecule has 1 unspecified atom stereocenters. The number of nitrogens with zero attached hydrogens (tertiary/aromatic N) is 2. The van der Waals surface area contributed by atoms with Crippen LogP contribution in [-0.4, -0.2) is 53.3 Å². The van der Waals surface area contributed by atoms with Gasteiger partial charge in [0.25, 0.3) is 0 Å². The largest absolute Gasteiger partial charge is 0.378 e. The van der Waals surface area contributed by atoms with E-state index in [0.717, 1.165) is 34.1 Å². The Labute approximate surface area is 160 Å². The Bertz CT molecular complexity index is 885. The smallest absolute Gasteiger partial charge is 0.227 e. The molecule has 2 saturated heterocycles. The Hall–Kier alpha value is -1.98. The molecular weight excluding hydrogens is 340 g/mol. The number of aromatic nitrogens is 1. The second kappa shape index (κ2) is 6.57. The molecule has 144 valence electrons. The molecule has 1 spiro atoms. The van der Waals surface area contributed by atoms with Gasteiger partial charge in [0.05, 0.1) is 30.7 Å². The lowest BCUT2D eigenvalue weighted by Gasteiger charge is -2.48. The van der Waals surface area contributed by atoms with Crippen LogP contribution >= 0.6 is 0 Å². The Balaban J connectivity index is 1.61. The highest BCUT2D eigenvalue weighted by Gasteiger charge is 2.47. The van der Waals surface area contributed by atoms with Gasteiger partial charge in [0.2, 0.25) is 5.91 Å². The Morgan fingerprint density at radius 3 is 2.74 bits per heavy atom. The van der Waals surface area contributed by atoms with Crippen molar-refractivity contribution < 1.29 is 14.3 Å². The molecule has 1 atom stereocenters. The number of carbonyl (C=O) groups is 1. The highest BCUT2D eigenvalue weighted by molar-refractivity contribution is 5.86. The Morgan fingerprint density at radius 1 is 1.22 bits per heavy atom. The van der Waals surface area contributed by atoms with Crippen molar-refractivity contribution in [2.75, 3.05) is 26.3 Å². The molecule has 2 aliphatic heterocycles. The molecule has 27 heavy (non-hydrogen) atoms. The quantitative estimate of drug-likeness (QED) is 0.817. The number of pyridine rings is 1. The fourth-order valence-electron chi connectivity index (χ4n) is 4.58. The van der Waals surface area contributed by atoms with E-state index in [1.54, 1.807) is 0 Å². The van der Waals surface area contributed by atoms with Crippen molar-refractivity contribution in [2.24, 2.45) is 0 Å². The van der Waals surface area contributed by atoms with Crippen LogP contribution in [0, 0.1) is 13.8 Å². The van der Waals surface area contributed by atoms with E-state index in [9.17, 15) is 4.79 Å². The third kappa shape index (κ3) is 3.46. The van der Waals surface area contributed by atoms with E-state index < -0.39 is 0 Å². The maximum atomic E-state index is 13.2. The van der Waals surface area contributed by atoms with Crippen molar-refractivity contribution >= 4 is 16.8 Å². The van der Waals surface area contributed by atoms with Gasteiger partial charge in [-0.2, -0.15) is 0 Å². The molecule has 2 fully saturated rings. The summed E-state index contributed by atoms with van der Waals surface area (Å²) in [5.74, 6) is 0.140. The molecule has 2 aliphatic rings. The number of rotatable bonds is 2. The molecule has 5 heteroatoms. The number of carbonyl (C=O) groups excluding carboxylic acids is 1. The zero-order valence-corrected chi connectivity index (χ0v) is 16.7. The van der Waals surface area contributed by atoms with Gasteiger partial charge in [0.1, 0.15) is 5.60 Å². The van der Waals surface area contributed by atoms with Crippen LogP contribution in [0.1, 0.15) is 37.1 Å². The third-order valence-electron chi connectivity index (χ3n) is 5.78. The SMILES string of the molecule is Cc1nc2ccccc2c(C)c1CC(=O)N1CC(C)(C)OC2(CCOC2)C1. The summed E-state index contributed by atoms with van der Waals surface area (Å²) >= 11 is 0. The summed E-state index contributed by atoms with van der Waals surface area (Å²) in [5, 5.41) is 1.12. The summed E-state index contributed by atoms with van der Waals surface area (Å²) in [4.78, 5) is 19.9. The lowest BCUT2D eigenvalue weighted by atomic mass is 9.93. The number of hydrogen-bond donors (Lipinski definition) is 0. The van der Waals surface area contributed by atoms with Gasteiger partial charge in [0, 0.05) is 30.7 Å². The van der Waals surface area contributed by atoms with E-state index in [2.05, 4.69) is 26.8 Å². The van der Waals surface area contributed by atoms with Gasteiger partial charge in [-0.15, -0.1) is 0 Å². The molecule has 3 heterocycles. The molecule has 0 bridgehead atoms. The molecular formula is C22H28N2O3. The second-order valence-corrected chi connectivity index (χ2v) is 8.59. The van der Waals surface area contributed by atoms with Crippen LogP contribution in [0.4, 0.5) is 0 Å². The van der Waals surface area contributed by atoms with Crippen molar-refractivity contribution in [2.45, 2.75) is 51.7 Å². The fraction of sp³-hybridized carbons (Fsp3) is 0.545. The predicted octanol–water partition coefficient (Wildman–Crippen LogP) is 3.19. The molecule has 1 aromatic heterocycles. The van der Waals surface area contributed by atoms with Gasteiger partial charge in [-0.25, -0.2) is 0 Å². The van der Waals surface area contributed by atoms with E-state index >= 15 is 0 Å². The molecule has 0 radical (unpaired) electrons. The lowest BCUT2D eigenvalue weighted by Crippen LogP contribution is -2.61. The normalized spacial score (nSPS) is 24.7. The maximum Gasteiger partial charge on any atom is 0.227 e. The number of morpholine rings is 1. The molecule has 5 nitrogen and oxygen atoms in total. The maximum absolute atomic E-state index is 13.2. The average molecular weight is 368 g/mol. The zero-order valence-electron chi connectivity index (χ0n) is 16.7. The van der Waals surface area contributed by atoms with E-state index in [0.29, 0.717) is 32.7 Å². The second-order valence-electron chi connectivity index (χ2n) is 8.59. The number of benzene rings is 1. The van der Waals surface area contributed by atoms with Gasteiger partial charge >= 0.3 is 0 Å². The first kappa shape index (κ1) is 18.4. The van der Waals surface area contributed by atoms with Gasteiger partial charge in [0.15, 0.2) is 0 Å². The number of fused-ring (bicyclic) bond motifs is 1. The van der Waals surface area contributed by atoms with E-state index in [4.69, 9.17) is 14.5 Å². The van der Waals surface area contributed by atoms with Gasteiger partial charge in [-0.3, -0.25) is 9.78 Å². The van der Waals surface area contributed by atoms with Crippen LogP contribution < -0.4 is 0 Å². The molecule has 0 saturated carbocycles. The first-order chi connectivity index (χ1) is 12.8. The summed E-state index contributed by atoms with van der Waals surface area (Å²) in [6, 6.07) is 8.12. The van der Waals surface area contributed by atoms with Crippen molar-refractivity contribution in [1.29, 1.82) is 0 Å². The van der Waals surface area contributed by atoms with Crippen LogP contribution in [0.2, 0.25) is 0 Å². The van der Waals surface area contributed by atoms with E-state index in [-0.39, 0.29) is 17.1 Å². The van der Waals surface area contributed by atoms with Crippen molar-refractivity contribution in [1.82, 2.24) is 9.88 Å². The molecule has 4 rings (SSSR count). The highest BCUT2D eigenvalue weighted by Crippen LogP contribution is 2.35. The number of ether oxygens (including phenoxy) is 2. The Kier molecular flexibility index (Phi) is 4.47. The lowest BCUT2D eigenvalue weighted by molar-refractivity contribution is -0.199. The number of amides is 1. The first-order valence-electron chi connectivity index (χ1n) is 9.69. The number of hydrogen-bond acceptors (Lipinski definition) is 4. The molecule has 0 aliphatic carbocycles. The highest BCUT2D eigenvalue weighted by atomic mass is 16.6. The summed E-state index contributed by atoms with van der Waals surface area (Å²) < 4.78 is 11.9. The van der Waals surface area contributed by atoms with Crippen LogP contribution in [0.3, 0.4) is 0 Å². The van der Waals surface area contributed by atoms with Gasteiger partial charge in [-0.1, -0.05) is 18.2 Å². The zero-order chi connectivity index (χ0) is 19.2. The van der Waals surface area contributed by atoms with Crippen molar-refractivity contribution in [3.63, 3.8) is 0 Å². The summed E-state index contributed by atoms with van der Waals surface area (Å²) in [6.07, 6.45) is 1.22. The summed E-state index contributed by atoms with van der Waals surface area (Å²) in [6.45, 7) is 10.7. The monoisotopic (exact) mass is 368 g/mol. The minimum absolute atomic E-state index is 0.140. The van der Waals surface area contributed by atoms with Crippen molar-refractivity contribution in [3.05, 3.63) is 41.1 Å². The van der Waals surface area contributed by atoms with Crippen LogP contribution in [0.5, 0.6) is 0 Å². The van der Waals surface area contributed by atoms with Crippen molar-refractivity contribution in [3.8, 4) is 0 Å². The van der Waals surface area contributed by atoms with Crippen LogP contribution in [0.15, 0.2) is 24.3 Å². The van der Waals surface area contributed by atoms with Gasteiger partial charge < -0.3 is 14.4 Å². The van der Waals surface area contributed by atoms with Crippen LogP contribution in [0.25, 0.3) is 10.9 Å². The van der Waals surface area contributed by atoms with E-state index in [1.807, 2.05) is 30.0 Å². The Morgan fingerprint density at radius 2 is 2.00 bits per heavy atom. The molecule has 1 amide bonds. The molecule has 1 aromatic carbocycles. The summed E-state index contributed by atoms with van der Waals surface area (Å²) in [5.41, 5.74) is 3.39. The topological polar surface area (TPSA) is 51.7 Å².